The number of hydrogen-bond donors (Lipinski definition) is 4. The number of hydrogen-bond acceptors (Lipinski definition) is 3. The summed E-state index contributed by atoms with van der Waals surface area (Å²) in [5.74, 6) is -1.48. The highest BCUT2D eigenvalue weighted by molar-refractivity contribution is 14.1. The number of aromatic carboxylic acids is 1. The molecule has 5 N–H and O–H groups in total. The molecule has 3 amide bonds. The van der Waals surface area contributed by atoms with Gasteiger partial charge in [0.25, 0.3) is 0 Å². The second kappa shape index (κ2) is 8.45. The minimum Gasteiger partial charge on any atom is -0.478 e. The van der Waals surface area contributed by atoms with Crippen LogP contribution < -0.4 is 16.4 Å². The zero-order valence-corrected chi connectivity index (χ0v) is 13.3. The maximum absolute atomic E-state index is 11.7. The van der Waals surface area contributed by atoms with E-state index in [1.54, 1.807) is 6.07 Å². The fourth-order valence-electron chi connectivity index (χ4n) is 1.60. The van der Waals surface area contributed by atoms with Crippen molar-refractivity contribution in [1.82, 2.24) is 5.32 Å². The van der Waals surface area contributed by atoms with Crippen molar-refractivity contribution in [2.75, 3.05) is 11.9 Å². The molecule has 1 rings (SSSR count). The highest BCUT2D eigenvalue weighted by Crippen LogP contribution is 2.18. The predicted octanol–water partition coefficient (Wildman–Crippen LogP) is 1.77. The molecule has 0 aromatic heterocycles. The molecule has 8 heteroatoms. The Morgan fingerprint density at radius 2 is 1.95 bits per heavy atom. The third kappa shape index (κ3) is 6.43. The van der Waals surface area contributed by atoms with Crippen LogP contribution in [0.4, 0.5) is 10.5 Å². The Balaban J connectivity index is 2.48. The molecule has 114 valence electrons. The molecule has 0 spiro atoms. The molecule has 0 aliphatic carbocycles. The van der Waals surface area contributed by atoms with Gasteiger partial charge in [-0.25, -0.2) is 9.59 Å². The van der Waals surface area contributed by atoms with Gasteiger partial charge in [0.1, 0.15) is 0 Å². The first-order valence-corrected chi connectivity index (χ1v) is 7.34. The van der Waals surface area contributed by atoms with Crippen LogP contribution >= 0.6 is 22.6 Å². The third-order valence-corrected chi connectivity index (χ3v) is 3.27. The van der Waals surface area contributed by atoms with Crippen molar-refractivity contribution < 1.29 is 19.5 Å². The van der Waals surface area contributed by atoms with Gasteiger partial charge in [-0.2, -0.15) is 0 Å². The molecule has 7 nitrogen and oxygen atoms in total. The lowest BCUT2D eigenvalue weighted by atomic mass is 10.2. The van der Waals surface area contributed by atoms with E-state index in [-0.39, 0.29) is 23.6 Å². The maximum Gasteiger partial charge on any atom is 0.337 e. The summed E-state index contributed by atoms with van der Waals surface area (Å²) in [5.41, 5.74) is 5.27. The molecule has 21 heavy (non-hydrogen) atoms. The zero-order chi connectivity index (χ0) is 15.8. The van der Waals surface area contributed by atoms with Gasteiger partial charge in [-0.15, -0.1) is 0 Å². The van der Waals surface area contributed by atoms with E-state index in [0.717, 1.165) is 3.57 Å². The largest absolute Gasteiger partial charge is 0.478 e. The standard InChI is InChI=1S/C13H16IN3O4/c14-8-4-5-10(9(7-8)12(19)20)17-13(21)16-6-2-1-3-11(15)18/h4-5,7H,1-3,6H2,(H2,15,18)(H,19,20)(H2,16,17,21). The number of carboxylic acids is 1. The number of halogens is 1. The number of rotatable bonds is 7. The first kappa shape index (κ1) is 17.2. The van der Waals surface area contributed by atoms with E-state index in [9.17, 15) is 14.4 Å². The van der Waals surface area contributed by atoms with E-state index in [1.807, 2.05) is 22.6 Å². The van der Waals surface area contributed by atoms with Crippen molar-refractivity contribution in [1.29, 1.82) is 0 Å². The Labute approximate surface area is 135 Å². The lowest BCUT2D eigenvalue weighted by Gasteiger charge is -2.10. The number of amides is 3. The number of carbonyl (C=O) groups is 3. The molecule has 1 aromatic carbocycles. The first-order valence-electron chi connectivity index (χ1n) is 6.26. The monoisotopic (exact) mass is 405 g/mol. The molecule has 0 fully saturated rings. The maximum atomic E-state index is 11.7. The van der Waals surface area contributed by atoms with Gasteiger partial charge < -0.3 is 21.5 Å². The van der Waals surface area contributed by atoms with Gasteiger partial charge in [0, 0.05) is 16.5 Å². The molecule has 0 radical (unpaired) electrons. The SMILES string of the molecule is NC(=O)CCCCNC(=O)Nc1ccc(I)cc1C(=O)O. The normalized spacial score (nSPS) is 9.95. The minimum atomic E-state index is -1.11. The molecule has 1 aromatic rings. The smallest absolute Gasteiger partial charge is 0.337 e. The molecule has 0 saturated carbocycles. The highest BCUT2D eigenvalue weighted by Gasteiger charge is 2.12. The summed E-state index contributed by atoms with van der Waals surface area (Å²) in [6.45, 7) is 0.381. The van der Waals surface area contributed by atoms with E-state index >= 15 is 0 Å². The van der Waals surface area contributed by atoms with Crippen LogP contribution in [0.2, 0.25) is 0 Å². The van der Waals surface area contributed by atoms with E-state index < -0.39 is 12.0 Å². The number of primary amides is 1. The molecule has 0 heterocycles. The van der Waals surface area contributed by atoms with Crippen LogP contribution in [0, 0.1) is 3.57 Å². The Bertz CT molecular complexity index is 548. The van der Waals surface area contributed by atoms with Crippen LogP contribution in [0.1, 0.15) is 29.6 Å². The second-order valence-corrected chi connectivity index (χ2v) is 5.55. The van der Waals surface area contributed by atoms with Crippen LogP contribution in [0.3, 0.4) is 0 Å². The van der Waals surface area contributed by atoms with Gasteiger partial charge in [-0.1, -0.05) is 0 Å². The number of carboxylic acid groups (broad SMARTS) is 1. The summed E-state index contributed by atoms with van der Waals surface area (Å²) >= 11 is 2.00. The van der Waals surface area contributed by atoms with Crippen molar-refractivity contribution in [2.24, 2.45) is 5.73 Å². The summed E-state index contributed by atoms with van der Waals surface area (Å²) < 4.78 is 0.766. The molecule has 0 saturated heterocycles. The quantitative estimate of drug-likeness (QED) is 0.408. The number of nitrogens with one attached hydrogen (secondary N) is 2. The average molecular weight is 405 g/mol. The molecule has 0 aliphatic rings. The summed E-state index contributed by atoms with van der Waals surface area (Å²) in [7, 11) is 0. The van der Waals surface area contributed by atoms with Crippen LogP contribution in [0.15, 0.2) is 18.2 Å². The van der Waals surface area contributed by atoms with Crippen LogP contribution in [-0.4, -0.2) is 29.6 Å². The summed E-state index contributed by atoms with van der Waals surface area (Å²) in [4.78, 5) is 33.3. The van der Waals surface area contributed by atoms with Gasteiger partial charge in [-0.05, 0) is 53.6 Å². The van der Waals surface area contributed by atoms with Gasteiger partial charge in [-0.3, -0.25) is 4.79 Å². The molecule has 0 bridgehead atoms. The van der Waals surface area contributed by atoms with Gasteiger partial charge in [0.15, 0.2) is 0 Å². The molecule has 0 aliphatic heterocycles. The number of unbranched alkanes of at least 4 members (excludes halogenated alkanes) is 1. The van der Waals surface area contributed by atoms with Crippen molar-refractivity contribution in [3.8, 4) is 0 Å². The molecule has 0 unspecified atom stereocenters. The zero-order valence-electron chi connectivity index (χ0n) is 11.2. The van der Waals surface area contributed by atoms with Gasteiger partial charge in [0.2, 0.25) is 5.91 Å². The lowest BCUT2D eigenvalue weighted by Crippen LogP contribution is -2.30. The lowest BCUT2D eigenvalue weighted by molar-refractivity contribution is -0.118. The summed E-state index contributed by atoms with van der Waals surface area (Å²) in [6.07, 6.45) is 1.50. The topological polar surface area (TPSA) is 122 Å². The van der Waals surface area contributed by atoms with E-state index in [0.29, 0.717) is 19.4 Å². The Kier molecular flexibility index (Phi) is 6.92. The fraction of sp³-hybridized carbons (Fsp3) is 0.308. The van der Waals surface area contributed by atoms with Crippen molar-refractivity contribution in [3.63, 3.8) is 0 Å². The summed E-state index contributed by atoms with van der Waals surface area (Å²) in [6, 6.07) is 4.23. The van der Waals surface area contributed by atoms with E-state index in [1.165, 1.54) is 12.1 Å². The van der Waals surface area contributed by atoms with E-state index in [4.69, 9.17) is 10.8 Å². The fourth-order valence-corrected chi connectivity index (χ4v) is 2.09. The van der Waals surface area contributed by atoms with Crippen molar-refractivity contribution >= 4 is 46.2 Å². The highest BCUT2D eigenvalue weighted by atomic mass is 127. The minimum absolute atomic E-state index is 0.0331. The van der Waals surface area contributed by atoms with Crippen molar-refractivity contribution in [3.05, 3.63) is 27.3 Å². The molecular weight excluding hydrogens is 389 g/mol. The Morgan fingerprint density at radius 3 is 2.57 bits per heavy atom. The molecule has 0 atom stereocenters. The Morgan fingerprint density at radius 1 is 1.24 bits per heavy atom. The number of carbonyl (C=O) groups excluding carboxylic acids is 2. The van der Waals surface area contributed by atoms with Crippen LogP contribution in [0.5, 0.6) is 0 Å². The summed E-state index contributed by atoms with van der Waals surface area (Å²) in [5, 5.41) is 14.2. The van der Waals surface area contributed by atoms with Gasteiger partial charge in [0.05, 0.1) is 11.3 Å². The Hall–Kier alpha value is -1.84. The number of anilines is 1. The van der Waals surface area contributed by atoms with Gasteiger partial charge >= 0.3 is 12.0 Å². The van der Waals surface area contributed by atoms with Crippen LogP contribution in [-0.2, 0) is 4.79 Å². The molecular formula is C13H16IN3O4. The van der Waals surface area contributed by atoms with E-state index in [2.05, 4.69) is 10.6 Å². The van der Waals surface area contributed by atoms with Crippen molar-refractivity contribution in [2.45, 2.75) is 19.3 Å². The number of urea groups is 1. The number of nitrogens with two attached hydrogens (primary N) is 1. The first-order chi connectivity index (χ1) is 9.90. The van der Waals surface area contributed by atoms with Crippen LogP contribution in [0.25, 0.3) is 0 Å². The number of benzene rings is 1. The average Bonchev–Trinajstić information content (AvgIpc) is 2.39. The second-order valence-electron chi connectivity index (χ2n) is 4.30. The third-order valence-electron chi connectivity index (χ3n) is 2.60. The predicted molar refractivity (Wildman–Crippen MR) is 86.2 cm³/mol.